The van der Waals surface area contributed by atoms with Crippen LogP contribution in [0.1, 0.15) is 19.4 Å². The third-order valence-corrected chi connectivity index (χ3v) is 2.67. The standard InChI is InChI=1S/C15H25N3O2.HI/c1-4-16-15(17-10-11-20-5-2)18-12-13-6-8-14(19-3)9-7-13;/h6-9H,4-5,10-12H2,1-3H3,(H2,16,17,18);1H. The van der Waals surface area contributed by atoms with Crippen molar-refractivity contribution in [2.24, 2.45) is 4.99 Å². The first kappa shape index (κ1) is 20.0. The fraction of sp³-hybridized carbons (Fsp3) is 0.533. The number of nitrogens with one attached hydrogen (secondary N) is 2. The zero-order chi connectivity index (χ0) is 14.6. The lowest BCUT2D eigenvalue weighted by molar-refractivity contribution is 0.152. The molecule has 0 spiro atoms. The maximum Gasteiger partial charge on any atom is 0.191 e. The van der Waals surface area contributed by atoms with Crippen LogP contribution >= 0.6 is 24.0 Å². The van der Waals surface area contributed by atoms with Crippen LogP contribution in [0.25, 0.3) is 0 Å². The van der Waals surface area contributed by atoms with Gasteiger partial charge in [0.15, 0.2) is 5.96 Å². The van der Waals surface area contributed by atoms with E-state index in [0.29, 0.717) is 13.2 Å². The minimum absolute atomic E-state index is 0. The summed E-state index contributed by atoms with van der Waals surface area (Å²) in [4.78, 5) is 4.53. The van der Waals surface area contributed by atoms with Crippen molar-refractivity contribution in [1.82, 2.24) is 10.6 Å². The molecule has 6 heteroatoms. The van der Waals surface area contributed by atoms with E-state index in [1.54, 1.807) is 7.11 Å². The van der Waals surface area contributed by atoms with Crippen molar-refractivity contribution in [2.45, 2.75) is 20.4 Å². The van der Waals surface area contributed by atoms with Gasteiger partial charge >= 0.3 is 0 Å². The van der Waals surface area contributed by atoms with Gasteiger partial charge in [-0.15, -0.1) is 24.0 Å². The van der Waals surface area contributed by atoms with E-state index in [2.05, 4.69) is 15.6 Å². The largest absolute Gasteiger partial charge is 0.497 e. The predicted octanol–water partition coefficient (Wildman–Crippen LogP) is 2.40. The number of aliphatic imine (C=N–C) groups is 1. The number of halogens is 1. The van der Waals surface area contributed by atoms with Gasteiger partial charge in [0.05, 0.1) is 20.3 Å². The third kappa shape index (κ3) is 8.77. The normalized spacial score (nSPS) is 10.7. The van der Waals surface area contributed by atoms with Gasteiger partial charge < -0.3 is 20.1 Å². The summed E-state index contributed by atoms with van der Waals surface area (Å²) in [5, 5.41) is 6.45. The molecule has 0 amide bonds. The lowest BCUT2D eigenvalue weighted by atomic mass is 10.2. The van der Waals surface area contributed by atoms with Crippen LogP contribution in [0.4, 0.5) is 0 Å². The van der Waals surface area contributed by atoms with Gasteiger partial charge in [-0.05, 0) is 31.5 Å². The summed E-state index contributed by atoms with van der Waals surface area (Å²) in [6, 6.07) is 7.93. The Morgan fingerprint density at radius 3 is 2.43 bits per heavy atom. The van der Waals surface area contributed by atoms with Crippen molar-refractivity contribution in [1.29, 1.82) is 0 Å². The van der Waals surface area contributed by atoms with E-state index in [-0.39, 0.29) is 24.0 Å². The lowest BCUT2D eigenvalue weighted by Gasteiger charge is -2.11. The fourth-order valence-corrected chi connectivity index (χ4v) is 1.63. The number of hydrogen-bond donors (Lipinski definition) is 2. The molecule has 0 bridgehead atoms. The number of ether oxygens (including phenoxy) is 2. The van der Waals surface area contributed by atoms with Crippen LogP contribution < -0.4 is 15.4 Å². The van der Waals surface area contributed by atoms with Crippen LogP contribution in [0.2, 0.25) is 0 Å². The van der Waals surface area contributed by atoms with Crippen molar-refractivity contribution < 1.29 is 9.47 Å². The van der Waals surface area contributed by atoms with Gasteiger partial charge in [-0.25, -0.2) is 4.99 Å². The van der Waals surface area contributed by atoms with Gasteiger partial charge in [-0.3, -0.25) is 0 Å². The average Bonchev–Trinajstić information content (AvgIpc) is 2.49. The van der Waals surface area contributed by atoms with Crippen molar-refractivity contribution in [3.8, 4) is 5.75 Å². The minimum Gasteiger partial charge on any atom is -0.497 e. The molecule has 21 heavy (non-hydrogen) atoms. The van der Waals surface area contributed by atoms with Crippen LogP contribution in [0, 0.1) is 0 Å². The molecule has 2 N–H and O–H groups in total. The van der Waals surface area contributed by atoms with Gasteiger partial charge in [0.2, 0.25) is 0 Å². The third-order valence-electron chi connectivity index (χ3n) is 2.67. The van der Waals surface area contributed by atoms with Gasteiger partial charge in [0.25, 0.3) is 0 Å². The topological polar surface area (TPSA) is 54.9 Å². The van der Waals surface area contributed by atoms with Crippen molar-refractivity contribution in [3.05, 3.63) is 29.8 Å². The van der Waals surface area contributed by atoms with Gasteiger partial charge in [0.1, 0.15) is 5.75 Å². The van der Waals surface area contributed by atoms with Crippen LogP contribution in [0.3, 0.4) is 0 Å². The second kappa shape index (κ2) is 12.7. The quantitative estimate of drug-likeness (QED) is 0.301. The van der Waals surface area contributed by atoms with Crippen LogP contribution in [-0.4, -0.2) is 39.4 Å². The molecule has 0 saturated heterocycles. The Morgan fingerprint density at radius 1 is 1.14 bits per heavy atom. The Hall–Kier alpha value is -1.02. The summed E-state index contributed by atoms with van der Waals surface area (Å²) in [6.45, 7) is 7.68. The summed E-state index contributed by atoms with van der Waals surface area (Å²) in [5.74, 6) is 1.67. The maximum absolute atomic E-state index is 5.29. The van der Waals surface area contributed by atoms with E-state index in [4.69, 9.17) is 9.47 Å². The molecule has 0 aliphatic carbocycles. The molecule has 120 valence electrons. The predicted molar refractivity (Wildman–Crippen MR) is 97.7 cm³/mol. The number of methoxy groups -OCH3 is 1. The van der Waals surface area contributed by atoms with E-state index in [9.17, 15) is 0 Å². The molecule has 0 radical (unpaired) electrons. The summed E-state index contributed by atoms with van der Waals surface area (Å²) in [6.07, 6.45) is 0. The minimum atomic E-state index is 0. The maximum atomic E-state index is 5.29. The molecule has 1 aromatic carbocycles. The summed E-state index contributed by atoms with van der Waals surface area (Å²) < 4.78 is 10.4. The molecule has 0 aliphatic rings. The second-order valence-electron chi connectivity index (χ2n) is 4.17. The monoisotopic (exact) mass is 407 g/mol. The highest BCUT2D eigenvalue weighted by atomic mass is 127. The van der Waals surface area contributed by atoms with E-state index in [0.717, 1.165) is 37.0 Å². The van der Waals surface area contributed by atoms with Gasteiger partial charge in [-0.2, -0.15) is 0 Å². The molecule has 5 nitrogen and oxygen atoms in total. The molecular weight excluding hydrogens is 381 g/mol. The highest BCUT2D eigenvalue weighted by molar-refractivity contribution is 14.0. The van der Waals surface area contributed by atoms with Crippen LogP contribution in [0.5, 0.6) is 5.75 Å². The molecule has 0 saturated carbocycles. The molecule has 1 rings (SSSR count). The summed E-state index contributed by atoms with van der Waals surface area (Å²) in [7, 11) is 1.67. The summed E-state index contributed by atoms with van der Waals surface area (Å²) in [5.41, 5.74) is 1.15. The Kier molecular flexibility index (Phi) is 12.1. The van der Waals surface area contributed by atoms with Crippen molar-refractivity contribution in [2.75, 3.05) is 33.4 Å². The molecule has 0 aromatic heterocycles. The number of hydrogen-bond acceptors (Lipinski definition) is 3. The van der Waals surface area contributed by atoms with E-state index in [1.165, 1.54) is 0 Å². The van der Waals surface area contributed by atoms with Gasteiger partial charge in [-0.1, -0.05) is 12.1 Å². The van der Waals surface area contributed by atoms with Crippen LogP contribution in [0.15, 0.2) is 29.3 Å². The molecule has 0 heterocycles. The molecule has 0 atom stereocenters. The SMILES string of the molecule is CCNC(=NCc1ccc(OC)cc1)NCCOCC.I. The number of rotatable bonds is 8. The molecule has 1 aromatic rings. The van der Waals surface area contributed by atoms with Gasteiger partial charge in [0, 0.05) is 19.7 Å². The van der Waals surface area contributed by atoms with Crippen molar-refractivity contribution in [3.63, 3.8) is 0 Å². The van der Waals surface area contributed by atoms with E-state index < -0.39 is 0 Å². The number of nitrogens with zero attached hydrogens (tertiary/aromatic N) is 1. The Morgan fingerprint density at radius 2 is 1.86 bits per heavy atom. The molecule has 0 aliphatic heterocycles. The molecular formula is C15H26IN3O2. The highest BCUT2D eigenvalue weighted by Crippen LogP contribution is 2.11. The Bertz CT molecular complexity index is 396. The second-order valence-corrected chi connectivity index (χ2v) is 4.17. The molecule has 0 unspecified atom stereocenters. The van der Waals surface area contributed by atoms with E-state index >= 15 is 0 Å². The first-order valence-corrected chi connectivity index (χ1v) is 7.03. The Labute approximate surface area is 144 Å². The highest BCUT2D eigenvalue weighted by Gasteiger charge is 1.98. The molecule has 0 fully saturated rings. The fourth-order valence-electron chi connectivity index (χ4n) is 1.63. The zero-order valence-corrected chi connectivity index (χ0v) is 15.3. The Balaban J connectivity index is 0.00000400. The first-order valence-electron chi connectivity index (χ1n) is 7.03. The summed E-state index contributed by atoms with van der Waals surface area (Å²) >= 11 is 0. The number of benzene rings is 1. The average molecular weight is 407 g/mol. The van der Waals surface area contributed by atoms with Crippen LogP contribution in [-0.2, 0) is 11.3 Å². The zero-order valence-electron chi connectivity index (χ0n) is 13.0. The van der Waals surface area contributed by atoms with Crippen molar-refractivity contribution >= 4 is 29.9 Å². The lowest BCUT2D eigenvalue weighted by Crippen LogP contribution is -2.39. The van der Waals surface area contributed by atoms with E-state index in [1.807, 2.05) is 38.1 Å². The first-order chi connectivity index (χ1) is 9.80. The smallest absolute Gasteiger partial charge is 0.191 e. The number of guanidine groups is 1.